The van der Waals surface area contributed by atoms with E-state index in [2.05, 4.69) is 47.2 Å². The summed E-state index contributed by atoms with van der Waals surface area (Å²) in [5.74, 6) is 1.73. The molecule has 4 heterocycles. The molecule has 10 nitrogen and oxygen atoms in total. The van der Waals surface area contributed by atoms with E-state index in [-0.39, 0.29) is 18.8 Å². The summed E-state index contributed by atoms with van der Waals surface area (Å²) >= 11 is 0. The fourth-order valence-corrected chi connectivity index (χ4v) is 7.27. The van der Waals surface area contributed by atoms with Crippen molar-refractivity contribution in [2.24, 2.45) is 4.99 Å². The van der Waals surface area contributed by atoms with Gasteiger partial charge < -0.3 is 28.7 Å². The average molecular weight is 646 g/mol. The van der Waals surface area contributed by atoms with E-state index in [1.807, 2.05) is 30.3 Å². The number of likely N-dealkylation sites (tertiary alicyclic amines) is 1. The minimum atomic E-state index is -0.274. The highest BCUT2D eigenvalue weighted by molar-refractivity contribution is 5.88. The number of methoxy groups -OCH3 is 1. The van der Waals surface area contributed by atoms with Gasteiger partial charge in [-0.3, -0.25) is 9.89 Å². The lowest BCUT2D eigenvalue weighted by Gasteiger charge is -2.19. The van der Waals surface area contributed by atoms with Crippen molar-refractivity contribution in [1.29, 1.82) is 5.26 Å². The maximum atomic E-state index is 9.91. The van der Waals surface area contributed by atoms with E-state index in [1.165, 1.54) is 5.56 Å². The number of furan rings is 1. The zero-order chi connectivity index (χ0) is 33.4. The predicted molar refractivity (Wildman–Crippen MR) is 181 cm³/mol. The van der Waals surface area contributed by atoms with E-state index in [0.29, 0.717) is 53.8 Å². The van der Waals surface area contributed by atoms with Gasteiger partial charge in [-0.1, -0.05) is 36.4 Å². The molecule has 0 saturated carbocycles. The molecular weight excluding hydrogens is 606 g/mol. The van der Waals surface area contributed by atoms with Gasteiger partial charge in [-0.05, 0) is 66.1 Å². The molecule has 1 fully saturated rings. The number of rotatable bonds is 9. The second kappa shape index (κ2) is 13.3. The molecule has 3 aromatic heterocycles. The van der Waals surface area contributed by atoms with E-state index >= 15 is 0 Å². The molecule has 0 bridgehead atoms. The first-order chi connectivity index (χ1) is 23.4. The number of aliphatic hydroxyl groups is 2. The minimum Gasteiger partial charge on any atom is -0.481 e. The van der Waals surface area contributed by atoms with Crippen LogP contribution in [0.15, 0.2) is 70.2 Å². The number of nitrogens with zero attached hydrogens (tertiary/aromatic N) is 5. The number of aliphatic hydroxyl groups excluding tert-OH is 2. The number of pyridine rings is 2. The lowest BCUT2D eigenvalue weighted by Crippen LogP contribution is -2.23. The second-order valence-electron chi connectivity index (χ2n) is 12.5. The van der Waals surface area contributed by atoms with Crippen molar-refractivity contribution in [3.05, 3.63) is 94.1 Å². The van der Waals surface area contributed by atoms with Gasteiger partial charge in [0.15, 0.2) is 5.58 Å². The zero-order valence-corrected chi connectivity index (χ0v) is 27.4. The Morgan fingerprint density at radius 1 is 1.10 bits per heavy atom. The van der Waals surface area contributed by atoms with Crippen LogP contribution in [0.25, 0.3) is 33.4 Å². The van der Waals surface area contributed by atoms with Crippen LogP contribution in [0.5, 0.6) is 11.8 Å². The van der Waals surface area contributed by atoms with Crippen LogP contribution in [0.2, 0.25) is 0 Å². The zero-order valence-electron chi connectivity index (χ0n) is 27.4. The van der Waals surface area contributed by atoms with Crippen molar-refractivity contribution in [3.63, 3.8) is 0 Å². The Hall–Kier alpha value is -4.95. The summed E-state index contributed by atoms with van der Waals surface area (Å²) in [6.45, 7) is 4.55. The quantitative estimate of drug-likeness (QED) is 0.221. The van der Waals surface area contributed by atoms with E-state index in [9.17, 15) is 15.5 Å². The Labute approximate surface area is 279 Å². The lowest BCUT2D eigenvalue weighted by molar-refractivity contribution is 0.174. The molecule has 1 saturated heterocycles. The molecule has 1 aliphatic heterocycles. The summed E-state index contributed by atoms with van der Waals surface area (Å²) < 4.78 is 20.3. The molecule has 0 radical (unpaired) electrons. The number of hydrogen-bond donors (Lipinski definition) is 2. The molecule has 10 heteroatoms. The van der Waals surface area contributed by atoms with Crippen molar-refractivity contribution in [3.8, 4) is 40.3 Å². The predicted octanol–water partition coefficient (Wildman–Crippen LogP) is 5.31. The Morgan fingerprint density at radius 2 is 1.92 bits per heavy atom. The smallest absolute Gasteiger partial charge is 0.220 e. The molecule has 0 amide bonds. The molecule has 48 heavy (non-hydrogen) atoms. The molecule has 2 atom stereocenters. The highest BCUT2D eigenvalue weighted by Crippen LogP contribution is 2.43. The van der Waals surface area contributed by atoms with E-state index in [1.54, 1.807) is 24.9 Å². The number of ether oxygens (including phenoxy) is 2. The topological polar surface area (TPSA) is 129 Å². The Morgan fingerprint density at radius 3 is 2.67 bits per heavy atom. The molecule has 5 aromatic rings. The molecule has 246 valence electrons. The highest BCUT2D eigenvalue weighted by atomic mass is 16.5. The number of hydrogen-bond acceptors (Lipinski definition) is 9. The SMILES string of the molecule is C/N=c1\c2cc(-c3cccc(-c4cccc5c4CC[C@@H]5Oc4ccc(CN5CC[C@@H](O)C5)c(OC)n4)c3C)oc2c(C#N)cn1CCO. The largest absolute Gasteiger partial charge is 0.481 e. The maximum absolute atomic E-state index is 9.91. The van der Waals surface area contributed by atoms with Crippen molar-refractivity contribution < 1.29 is 24.1 Å². The van der Waals surface area contributed by atoms with Crippen LogP contribution in [0.4, 0.5) is 0 Å². The van der Waals surface area contributed by atoms with Crippen molar-refractivity contribution in [1.82, 2.24) is 14.5 Å². The van der Waals surface area contributed by atoms with Gasteiger partial charge in [-0.2, -0.15) is 10.2 Å². The van der Waals surface area contributed by atoms with Gasteiger partial charge >= 0.3 is 0 Å². The number of fused-ring (bicyclic) bond motifs is 2. The fourth-order valence-electron chi connectivity index (χ4n) is 7.27. The maximum Gasteiger partial charge on any atom is 0.220 e. The third-order valence-corrected chi connectivity index (χ3v) is 9.56. The summed E-state index contributed by atoms with van der Waals surface area (Å²) in [5.41, 5.74) is 9.19. The summed E-state index contributed by atoms with van der Waals surface area (Å²) in [5, 5.41) is 30.1. The number of β-amino-alcohol motifs (C(OH)–C–C–N with tert-alkyl or cyclic N) is 1. The minimum absolute atomic E-state index is 0.0645. The van der Waals surface area contributed by atoms with Gasteiger partial charge in [0.25, 0.3) is 0 Å². The van der Waals surface area contributed by atoms with Gasteiger partial charge in [0.1, 0.15) is 29.0 Å². The molecule has 2 aromatic carbocycles. The summed E-state index contributed by atoms with van der Waals surface area (Å²) in [6, 6.07) is 20.7. The van der Waals surface area contributed by atoms with Crippen LogP contribution in [-0.2, 0) is 19.5 Å². The van der Waals surface area contributed by atoms with Crippen LogP contribution in [0.3, 0.4) is 0 Å². The molecule has 0 unspecified atom stereocenters. The molecule has 2 aliphatic rings. The van der Waals surface area contributed by atoms with Gasteiger partial charge in [0.05, 0.1) is 25.2 Å². The number of aromatic nitrogens is 2. The Kier molecular flexibility index (Phi) is 8.75. The van der Waals surface area contributed by atoms with E-state index in [4.69, 9.17) is 18.9 Å². The average Bonchev–Trinajstić information content (AvgIpc) is 3.84. The third kappa shape index (κ3) is 5.75. The van der Waals surface area contributed by atoms with Crippen LogP contribution >= 0.6 is 0 Å². The molecule has 1 aliphatic carbocycles. The second-order valence-corrected chi connectivity index (χ2v) is 12.5. The summed E-state index contributed by atoms with van der Waals surface area (Å²) in [6.07, 6.45) is 3.76. The molecule has 0 spiro atoms. The van der Waals surface area contributed by atoms with Crippen LogP contribution in [-0.4, -0.2) is 64.6 Å². The Bertz CT molecular complexity index is 2110. The van der Waals surface area contributed by atoms with Crippen molar-refractivity contribution in [2.45, 2.75) is 51.5 Å². The van der Waals surface area contributed by atoms with Gasteiger partial charge in [0.2, 0.25) is 11.8 Å². The molecule has 2 N–H and O–H groups in total. The highest BCUT2D eigenvalue weighted by Gasteiger charge is 2.28. The first-order valence-corrected chi connectivity index (χ1v) is 16.4. The molecule has 7 rings (SSSR count). The van der Waals surface area contributed by atoms with Crippen LogP contribution in [0, 0.1) is 18.3 Å². The first-order valence-electron chi connectivity index (χ1n) is 16.4. The summed E-state index contributed by atoms with van der Waals surface area (Å²) in [7, 11) is 3.32. The van der Waals surface area contributed by atoms with Crippen LogP contribution < -0.4 is 15.0 Å². The number of benzene rings is 2. The molecular formula is C38H39N5O5. The fraction of sp³-hybridized carbons (Fsp3) is 0.342. The normalized spacial score (nSPS) is 18.0. The summed E-state index contributed by atoms with van der Waals surface area (Å²) in [4.78, 5) is 11.4. The van der Waals surface area contributed by atoms with Gasteiger partial charge in [-0.15, -0.1) is 0 Å². The number of nitriles is 1. The van der Waals surface area contributed by atoms with Crippen LogP contribution in [0.1, 0.15) is 46.8 Å². The van der Waals surface area contributed by atoms with E-state index in [0.717, 1.165) is 64.6 Å². The van der Waals surface area contributed by atoms with Gasteiger partial charge in [-0.25, -0.2) is 0 Å². The van der Waals surface area contributed by atoms with Gasteiger partial charge in [0, 0.05) is 56.6 Å². The third-order valence-electron chi connectivity index (χ3n) is 9.56. The monoisotopic (exact) mass is 645 g/mol. The lowest BCUT2D eigenvalue weighted by atomic mass is 9.91. The standard InChI is InChI=1S/C38H39N5O5/c1-23-27(6-4-7-28(23)34-18-32-36(48-34)25(19-39)21-43(16-17-44)37(32)40-2)29-8-5-9-31-30(29)11-12-33(31)47-35-13-10-24(38(41-35)46-3)20-42-15-14-26(45)22-42/h4-10,13,18,21,26,33,44-45H,11-12,14-17,20,22H2,1-3H3/b40-37+/t26-,33+/m1/s1. The Balaban J connectivity index is 1.19. The van der Waals surface area contributed by atoms with E-state index < -0.39 is 0 Å². The van der Waals surface area contributed by atoms with Crippen molar-refractivity contribution in [2.75, 3.05) is 33.9 Å². The van der Waals surface area contributed by atoms with Crippen molar-refractivity contribution >= 4 is 11.0 Å². The first kappa shape index (κ1) is 31.6.